The molecule has 0 spiro atoms. The van der Waals surface area contributed by atoms with Gasteiger partial charge in [0.15, 0.2) is 0 Å². The van der Waals surface area contributed by atoms with Crippen molar-refractivity contribution in [2.24, 2.45) is 0 Å². The van der Waals surface area contributed by atoms with Gasteiger partial charge in [0.25, 0.3) is 5.91 Å². The zero-order valence-electron chi connectivity index (χ0n) is 17.2. The largest absolute Gasteiger partial charge is 0.384 e. The molecule has 0 bridgehead atoms. The summed E-state index contributed by atoms with van der Waals surface area (Å²) in [4.78, 5) is 14.6. The Labute approximate surface area is 179 Å². The van der Waals surface area contributed by atoms with Gasteiger partial charge < -0.3 is 14.7 Å². The molecule has 1 amide bonds. The summed E-state index contributed by atoms with van der Waals surface area (Å²) in [5.74, 6) is -0.598. The number of halogens is 1. The number of aliphatic hydroxyl groups is 1. The first kappa shape index (κ1) is 19.9. The van der Waals surface area contributed by atoms with Gasteiger partial charge in [-0.2, -0.15) is 5.10 Å². The van der Waals surface area contributed by atoms with Gasteiger partial charge in [-0.15, -0.1) is 0 Å². The molecule has 1 saturated heterocycles. The number of fused-ring (bicyclic) bond motifs is 1. The van der Waals surface area contributed by atoms with Gasteiger partial charge in [-0.25, -0.2) is 9.07 Å². The van der Waals surface area contributed by atoms with Gasteiger partial charge in [-0.05, 0) is 54.3 Å². The van der Waals surface area contributed by atoms with Crippen LogP contribution in [0, 0.1) is 18.8 Å². The Hall–Kier alpha value is -3.03. The molecule has 5 rings (SSSR count). The van der Waals surface area contributed by atoms with Crippen LogP contribution in [-0.2, 0) is 17.7 Å². The molecule has 6 nitrogen and oxygen atoms in total. The van der Waals surface area contributed by atoms with Crippen molar-refractivity contribution in [1.82, 2.24) is 14.7 Å². The predicted octanol–water partition coefficient (Wildman–Crippen LogP) is 3.56. The maximum Gasteiger partial charge on any atom is 0.255 e. The van der Waals surface area contributed by atoms with E-state index in [0.717, 1.165) is 16.8 Å². The molecule has 2 aromatic carbocycles. The second-order valence-electron chi connectivity index (χ2n) is 8.06. The fraction of sp³-hybridized carbons (Fsp3) is 0.292. The number of hydrogen-bond acceptors (Lipinski definition) is 4. The summed E-state index contributed by atoms with van der Waals surface area (Å²) < 4.78 is 22.4. The van der Waals surface area contributed by atoms with Crippen LogP contribution >= 0.6 is 0 Å². The second kappa shape index (κ2) is 7.90. The molecular formula is C24H23FN3O3. The predicted molar refractivity (Wildman–Crippen MR) is 112 cm³/mol. The van der Waals surface area contributed by atoms with Gasteiger partial charge in [0.2, 0.25) is 0 Å². The van der Waals surface area contributed by atoms with Crippen LogP contribution in [0.15, 0.2) is 48.8 Å². The van der Waals surface area contributed by atoms with Crippen LogP contribution in [0.1, 0.15) is 39.0 Å². The number of amides is 1. The lowest BCUT2D eigenvalue weighted by molar-refractivity contribution is -0.00693. The van der Waals surface area contributed by atoms with Crippen LogP contribution in [0.5, 0.6) is 0 Å². The van der Waals surface area contributed by atoms with Crippen molar-refractivity contribution in [1.29, 1.82) is 0 Å². The number of rotatable bonds is 4. The van der Waals surface area contributed by atoms with Crippen molar-refractivity contribution in [2.75, 3.05) is 13.2 Å². The van der Waals surface area contributed by atoms with Crippen LogP contribution in [0.4, 0.5) is 4.39 Å². The van der Waals surface area contributed by atoms with Crippen molar-refractivity contribution >= 4 is 5.91 Å². The minimum atomic E-state index is -0.522. The number of benzene rings is 2. The number of aromatic nitrogens is 2. The fourth-order valence-corrected chi connectivity index (χ4v) is 4.35. The Morgan fingerprint density at radius 2 is 2.10 bits per heavy atom. The maximum atomic E-state index is 15.2. The molecule has 3 aromatic rings. The third kappa shape index (κ3) is 3.54. The minimum Gasteiger partial charge on any atom is -0.384 e. The first-order valence-electron chi connectivity index (χ1n) is 10.4. The lowest BCUT2D eigenvalue weighted by Crippen LogP contribution is -2.45. The Morgan fingerprint density at radius 1 is 1.29 bits per heavy atom. The molecule has 1 atom stereocenters. The van der Waals surface area contributed by atoms with E-state index in [4.69, 9.17) is 4.74 Å². The van der Waals surface area contributed by atoms with E-state index in [-0.39, 0.29) is 31.0 Å². The number of carbonyl (C=O) groups is 1. The Balaban J connectivity index is 1.41. The first-order valence-corrected chi connectivity index (χ1v) is 10.4. The zero-order chi connectivity index (χ0) is 21.5. The number of hydrogen-bond donors (Lipinski definition) is 1. The minimum absolute atomic E-state index is 0.151. The van der Waals surface area contributed by atoms with Crippen LogP contribution in [0.25, 0.3) is 5.69 Å². The van der Waals surface area contributed by atoms with Gasteiger partial charge in [-0.1, -0.05) is 12.1 Å². The Kier molecular flexibility index (Phi) is 5.08. The van der Waals surface area contributed by atoms with Gasteiger partial charge in [0.1, 0.15) is 11.9 Å². The maximum absolute atomic E-state index is 15.2. The summed E-state index contributed by atoms with van der Waals surface area (Å²) in [6.07, 6.45) is 4.74. The summed E-state index contributed by atoms with van der Waals surface area (Å²) in [5.41, 5.74) is 4.09. The lowest BCUT2D eigenvalue weighted by Gasteiger charge is -2.34. The van der Waals surface area contributed by atoms with Crippen LogP contribution in [0.2, 0.25) is 0 Å². The van der Waals surface area contributed by atoms with E-state index < -0.39 is 6.04 Å². The normalized spacial score (nSPS) is 19.1. The van der Waals surface area contributed by atoms with E-state index in [1.165, 1.54) is 4.90 Å². The van der Waals surface area contributed by atoms with Crippen LogP contribution in [-0.4, -0.2) is 44.9 Å². The van der Waals surface area contributed by atoms with Crippen LogP contribution in [0.3, 0.4) is 0 Å². The van der Waals surface area contributed by atoms with Crippen molar-refractivity contribution in [2.45, 2.75) is 32.4 Å². The Bertz CT molecular complexity index is 1110. The summed E-state index contributed by atoms with van der Waals surface area (Å²) >= 11 is 0. The monoisotopic (exact) mass is 420 g/mol. The van der Waals surface area contributed by atoms with Gasteiger partial charge in [-0.3, -0.25) is 4.79 Å². The highest BCUT2D eigenvalue weighted by molar-refractivity contribution is 5.99. The third-order valence-electron chi connectivity index (χ3n) is 6.18. The lowest BCUT2D eigenvalue weighted by atomic mass is 9.95. The highest BCUT2D eigenvalue weighted by Crippen LogP contribution is 2.34. The van der Waals surface area contributed by atoms with E-state index in [0.29, 0.717) is 36.1 Å². The number of aliphatic hydroxyl groups excluding tert-OH is 1. The van der Waals surface area contributed by atoms with Gasteiger partial charge in [0.05, 0.1) is 24.9 Å². The average molecular weight is 420 g/mol. The molecule has 0 unspecified atom stereocenters. The molecule has 1 aromatic heterocycles. The molecule has 0 saturated carbocycles. The molecule has 31 heavy (non-hydrogen) atoms. The molecule has 1 radical (unpaired) electrons. The molecule has 1 N–H and O–H groups in total. The fourth-order valence-electron chi connectivity index (χ4n) is 4.35. The van der Waals surface area contributed by atoms with Crippen molar-refractivity contribution < 1.29 is 19.0 Å². The topological polar surface area (TPSA) is 67.6 Å². The van der Waals surface area contributed by atoms with Gasteiger partial charge in [0, 0.05) is 36.5 Å². The van der Waals surface area contributed by atoms with Crippen molar-refractivity contribution in [3.8, 4) is 5.69 Å². The van der Waals surface area contributed by atoms with Crippen molar-refractivity contribution in [3.63, 3.8) is 0 Å². The van der Waals surface area contributed by atoms with E-state index >= 15 is 4.39 Å². The highest BCUT2D eigenvalue weighted by Gasteiger charge is 2.40. The van der Waals surface area contributed by atoms with E-state index in [2.05, 4.69) is 5.10 Å². The van der Waals surface area contributed by atoms with Crippen molar-refractivity contribution in [3.05, 3.63) is 88.5 Å². The Morgan fingerprint density at radius 3 is 2.81 bits per heavy atom. The first-order chi connectivity index (χ1) is 15.0. The van der Waals surface area contributed by atoms with E-state index in [1.807, 2.05) is 36.5 Å². The molecule has 0 aliphatic carbocycles. The standard InChI is InChI=1S/C24H23FN3O3/c1-15-17(11-16-3-5-18(6-4-16)28-9-2-8-26-28)12-19-20(23(15)25)13-27(24(19)30)21-14-31-10-7-22(21)29/h2-6,8-9,12,21,29H,7,10-11,13-14H2,1H3/t21-/m0/s1. The molecule has 7 heteroatoms. The molecule has 2 aliphatic rings. The molecular weight excluding hydrogens is 397 g/mol. The molecule has 3 heterocycles. The SMILES string of the molecule is Cc1c(Cc2ccc(-n3cccn3)cc2)cc2c(c1F)CN([C@H]1COCC[C]1O)C2=O. The second-order valence-corrected chi connectivity index (χ2v) is 8.06. The summed E-state index contributed by atoms with van der Waals surface area (Å²) in [7, 11) is 0. The quantitative estimate of drug-likeness (QED) is 0.701. The van der Waals surface area contributed by atoms with Gasteiger partial charge >= 0.3 is 0 Å². The molecule has 159 valence electrons. The van der Waals surface area contributed by atoms with E-state index in [1.54, 1.807) is 23.9 Å². The molecule has 2 aliphatic heterocycles. The smallest absolute Gasteiger partial charge is 0.255 e. The van der Waals surface area contributed by atoms with E-state index in [9.17, 15) is 9.90 Å². The zero-order valence-corrected chi connectivity index (χ0v) is 17.2. The average Bonchev–Trinajstić information content (AvgIpc) is 3.42. The molecule has 1 fully saturated rings. The number of nitrogens with zero attached hydrogens (tertiary/aromatic N) is 3. The number of ether oxygens (including phenoxy) is 1. The summed E-state index contributed by atoms with van der Waals surface area (Å²) in [6, 6.07) is 11.1. The third-order valence-corrected chi connectivity index (χ3v) is 6.18. The summed E-state index contributed by atoms with van der Waals surface area (Å²) in [6.45, 7) is 2.58. The highest BCUT2D eigenvalue weighted by atomic mass is 19.1. The summed E-state index contributed by atoms with van der Waals surface area (Å²) in [5, 5.41) is 14.5. The number of carbonyl (C=O) groups excluding carboxylic acids is 1. The van der Waals surface area contributed by atoms with Crippen LogP contribution < -0.4 is 0 Å².